The van der Waals surface area contributed by atoms with Gasteiger partial charge in [-0.2, -0.15) is 0 Å². The van der Waals surface area contributed by atoms with Gasteiger partial charge in [0.2, 0.25) is 0 Å². The zero-order chi connectivity index (χ0) is 10.8. The van der Waals surface area contributed by atoms with Crippen LogP contribution in [0, 0.1) is 11.8 Å². The minimum absolute atomic E-state index is 0.922. The van der Waals surface area contributed by atoms with E-state index >= 15 is 0 Å². The lowest BCUT2D eigenvalue weighted by atomic mass is 9.93. The van der Waals surface area contributed by atoms with Crippen LogP contribution >= 0.6 is 0 Å². The lowest BCUT2D eigenvalue weighted by Gasteiger charge is -2.13. The summed E-state index contributed by atoms with van der Waals surface area (Å²) in [7, 11) is 0. The topological polar surface area (TPSA) is 0 Å². The van der Waals surface area contributed by atoms with Crippen molar-refractivity contribution >= 4 is 0 Å². The Morgan fingerprint density at radius 1 is 1.00 bits per heavy atom. The molecule has 0 aromatic rings. The van der Waals surface area contributed by atoms with Gasteiger partial charge in [-0.05, 0) is 24.7 Å². The molecule has 0 bridgehead atoms. The van der Waals surface area contributed by atoms with Gasteiger partial charge in [0.05, 0.1) is 0 Å². The van der Waals surface area contributed by atoms with Crippen LogP contribution < -0.4 is 0 Å². The molecule has 0 aliphatic rings. The summed E-state index contributed by atoms with van der Waals surface area (Å²) in [5.74, 6) is 1.85. The Morgan fingerprint density at radius 3 is 2.21 bits per heavy atom. The third kappa shape index (κ3) is 8.34. The van der Waals surface area contributed by atoms with Crippen LogP contribution in [0.25, 0.3) is 0 Å². The van der Waals surface area contributed by atoms with E-state index in [1.807, 2.05) is 6.08 Å². The van der Waals surface area contributed by atoms with Gasteiger partial charge < -0.3 is 0 Å². The van der Waals surface area contributed by atoms with Crippen LogP contribution in [-0.2, 0) is 0 Å². The second-order valence-electron chi connectivity index (χ2n) is 4.77. The Balaban J connectivity index is 3.27. The van der Waals surface area contributed by atoms with E-state index in [2.05, 4.69) is 27.4 Å². The molecule has 0 spiro atoms. The third-order valence-electron chi connectivity index (χ3n) is 3.20. The maximum atomic E-state index is 3.75. The molecule has 0 N–H and O–H groups in total. The molecule has 0 heterocycles. The van der Waals surface area contributed by atoms with Gasteiger partial charge in [-0.1, -0.05) is 59.0 Å². The Morgan fingerprint density at radius 2 is 1.64 bits per heavy atom. The van der Waals surface area contributed by atoms with Gasteiger partial charge in [0.15, 0.2) is 0 Å². The Kier molecular flexibility index (Phi) is 9.13. The third-order valence-corrected chi connectivity index (χ3v) is 3.20. The molecular formula is C14H28. The summed E-state index contributed by atoms with van der Waals surface area (Å²) < 4.78 is 0. The normalized spacial score (nSPS) is 15.1. The maximum absolute atomic E-state index is 3.75. The molecule has 0 rings (SSSR count). The molecule has 2 atom stereocenters. The lowest BCUT2D eigenvalue weighted by molar-refractivity contribution is 0.396. The van der Waals surface area contributed by atoms with E-state index in [0.29, 0.717) is 0 Å². The van der Waals surface area contributed by atoms with E-state index < -0.39 is 0 Å². The fraction of sp³-hybridized carbons (Fsp3) is 0.857. The quantitative estimate of drug-likeness (QED) is 0.351. The lowest BCUT2D eigenvalue weighted by Crippen LogP contribution is -1.99. The average Bonchev–Trinajstić information content (AvgIpc) is 2.21. The molecule has 0 saturated heterocycles. The molecule has 0 amide bonds. The van der Waals surface area contributed by atoms with Gasteiger partial charge in [-0.25, -0.2) is 0 Å². The highest BCUT2D eigenvalue weighted by Gasteiger charge is 2.04. The molecule has 2 unspecified atom stereocenters. The molecule has 0 nitrogen and oxygen atoms in total. The summed E-state index contributed by atoms with van der Waals surface area (Å²) in [5, 5.41) is 0. The molecule has 0 aliphatic carbocycles. The maximum Gasteiger partial charge on any atom is -0.0353 e. The van der Waals surface area contributed by atoms with Crippen LogP contribution in [0.15, 0.2) is 12.7 Å². The molecule has 0 aromatic heterocycles. The fourth-order valence-corrected chi connectivity index (χ4v) is 1.70. The van der Waals surface area contributed by atoms with Crippen LogP contribution in [-0.4, -0.2) is 0 Å². The van der Waals surface area contributed by atoms with Crippen LogP contribution in [0.1, 0.15) is 65.7 Å². The molecule has 0 radical (unpaired) electrons. The van der Waals surface area contributed by atoms with Crippen molar-refractivity contribution in [3.05, 3.63) is 12.7 Å². The summed E-state index contributed by atoms with van der Waals surface area (Å²) >= 11 is 0. The molecule has 84 valence electrons. The zero-order valence-electron chi connectivity index (χ0n) is 10.4. The largest absolute Gasteiger partial charge is 0.103 e. The van der Waals surface area contributed by atoms with Crippen molar-refractivity contribution in [1.82, 2.24) is 0 Å². The number of unbranched alkanes of at least 4 members (excludes halogenated alkanes) is 2. The van der Waals surface area contributed by atoms with E-state index in [4.69, 9.17) is 0 Å². The second-order valence-corrected chi connectivity index (χ2v) is 4.77. The Bertz CT molecular complexity index is 126. The van der Waals surface area contributed by atoms with Crippen molar-refractivity contribution < 1.29 is 0 Å². The molecule has 14 heavy (non-hydrogen) atoms. The van der Waals surface area contributed by atoms with Gasteiger partial charge in [-0.3, -0.25) is 0 Å². The first kappa shape index (κ1) is 13.7. The first-order valence-electron chi connectivity index (χ1n) is 6.31. The molecular weight excluding hydrogens is 168 g/mol. The minimum Gasteiger partial charge on any atom is -0.103 e. The van der Waals surface area contributed by atoms with Crippen LogP contribution in [0.4, 0.5) is 0 Å². The van der Waals surface area contributed by atoms with Crippen LogP contribution in [0.2, 0.25) is 0 Å². The highest BCUT2D eigenvalue weighted by atomic mass is 14.1. The second kappa shape index (κ2) is 9.30. The van der Waals surface area contributed by atoms with Crippen molar-refractivity contribution in [2.45, 2.75) is 65.7 Å². The smallest absolute Gasteiger partial charge is 0.0353 e. The van der Waals surface area contributed by atoms with Gasteiger partial charge in [-0.15, -0.1) is 6.58 Å². The zero-order valence-corrected chi connectivity index (χ0v) is 10.4. The summed E-state index contributed by atoms with van der Waals surface area (Å²) in [6.45, 7) is 10.8. The number of hydrogen-bond donors (Lipinski definition) is 0. The highest BCUT2D eigenvalue weighted by Crippen LogP contribution is 2.19. The summed E-state index contributed by atoms with van der Waals surface area (Å²) in [5.41, 5.74) is 0. The van der Waals surface area contributed by atoms with E-state index in [0.717, 1.165) is 11.8 Å². The first-order valence-corrected chi connectivity index (χ1v) is 6.31. The minimum atomic E-state index is 0.922. The molecule has 0 heteroatoms. The Labute approximate surface area is 90.8 Å². The van der Waals surface area contributed by atoms with E-state index in [1.165, 1.54) is 44.9 Å². The van der Waals surface area contributed by atoms with Crippen molar-refractivity contribution in [3.8, 4) is 0 Å². The van der Waals surface area contributed by atoms with Crippen molar-refractivity contribution in [1.29, 1.82) is 0 Å². The predicted molar refractivity (Wildman–Crippen MR) is 66.5 cm³/mol. The van der Waals surface area contributed by atoms with Crippen LogP contribution in [0.5, 0.6) is 0 Å². The summed E-state index contributed by atoms with van der Waals surface area (Å²) in [6, 6.07) is 0. The first-order chi connectivity index (χ1) is 6.70. The average molecular weight is 196 g/mol. The number of allylic oxidation sites excluding steroid dienone is 1. The number of rotatable bonds is 9. The van der Waals surface area contributed by atoms with Crippen molar-refractivity contribution in [3.63, 3.8) is 0 Å². The highest BCUT2D eigenvalue weighted by molar-refractivity contribution is 4.66. The van der Waals surface area contributed by atoms with Gasteiger partial charge >= 0.3 is 0 Å². The van der Waals surface area contributed by atoms with Crippen LogP contribution in [0.3, 0.4) is 0 Å². The van der Waals surface area contributed by atoms with E-state index in [-0.39, 0.29) is 0 Å². The monoisotopic (exact) mass is 196 g/mol. The number of hydrogen-bond acceptors (Lipinski definition) is 0. The van der Waals surface area contributed by atoms with E-state index in [9.17, 15) is 0 Å². The van der Waals surface area contributed by atoms with Gasteiger partial charge in [0, 0.05) is 0 Å². The van der Waals surface area contributed by atoms with Gasteiger partial charge in [0.1, 0.15) is 0 Å². The standard InChI is InChI=1S/C14H28/c1-5-7-8-9-10-14(4)12-11-13(3)6-2/h5,13-14H,1,6-12H2,2-4H3. The van der Waals surface area contributed by atoms with Gasteiger partial charge in [0.25, 0.3) is 0 Å². The molecule has 0 saturated carbocycles. The molecule has 0 aliphatic heterocycles. The SMILES string of the molecule is C=CCCCCC(C)CCC(C)CC. The fourth-order valence-electron chi connectivity index (χ4n) is 1.70. The van der Waals surface area contributed by atoms with Crippen molar-refractivity contribution in [2.24, 2.45) is 11.8 Å². The summed E-state index contributed by atoms with van der Waals surface area (Å²) in [6.07, 6.45) is 11.5. The Hall–Kier alpha value is -0.260. The van der Waals surface area contributed by atoms with E-state index in [1.54, 1.807) is 0 Å². The molecule has 0 aromatic carbocycles. The van der Waals surface area contributed by atoms with Crippen molar-refractivity contribution in [2.75, 3.05) is 0 Å². The summed E-state index contributed by atoms with van der Waals surface area (Å²) in [4.78, 5) is 0. The molecule has 0 fully saturated rings. The predicted octanol–water partition coefficient (Wildman–Crippen LogP) is 5.20.